The van der Waals surface area contributed by atoms with Gasteiger partial charge in [-0.2, -0.15) is 0 Å². The van der Waals surface area contributed by atoms with Gasteiger partial charge in [-0.05, 0) is 44.0 Å². The number of halogens is 1. The maximum atomic E-state index is 13.7. The number of fused-ring (bicyclic) bond motifs is 4. The van der Waals surface area contributed by atoms with Gasteiger partial charge < -0.3 is 20.1 Å². The van der Waals surface area contributed by atoms with Gasteiger partial charge in [-0.15, -0.1) is 0 Å². The highest BCUT2D eigenvalue weighted by molar-refractivity contribution is 6.35. The van der Waals surface area contributed by atoms with Crippen LogP contribution in [0, 0.1) is 5.92 Å². The normalized spacial score (nSPS) is 26.5. The first kappa shape index (κ1) is 20.2. The van der Waals surface area contributed by atoms with Gasteiger partial charge >= 0.3 is 0 Å². The van der Waals surface area contributed by atoms with Crippen molar-refractivity contribution in [2.24, 2.45) is 5.92 Å². The van der Waals surface area contributed by atoms with Crippen molar-refractivity contribution in [3.05, 3.63) is 47.0 Å². The second-order valence-corrected chi connectivity index (χ2v) is 8.62. The second-order valence-electron chi connectivity index (χ2n) is 8.22. The Balaban J connectivity index is 1.58. The first-order valence-corrected chi connectivity index (χ1v) is 10.8. The molecular weight excluding hydrogens is 418 g/mol. The summed E-state index contributed by atoms with van der Waals surface area (Å²) in [4.78, 5) is 29.4. The van der Waals surface area contributed by atoms with Crippen molar-refractivity contribution in [3.8, 4) is 11.5 Å². The van der Waals surface area contributed by atoms with Crippen LogP contribution in [0.2, 0.25) is 5.02 Å². The summed E-state index contributed by atoms with van der Waals surface area (Å²) in [5, 5.41) is 6.45. The molecule has 1 spiro atoms. The highest BCUT2D eigenvalue weighted by Crippen LogP contribution is 2.56. The number of anilines is 2. The minimum absolute atomic E-state index is 0.179. The molecule has 0 aliphatic carbocycles. The largest absolute Gasteiger partial charge is 0.497 e. The summed E-state index contributed by atoms with van der Waals surface area (Å²) in [6.07, 6.45) is 2.59. The molecule has 2 amide bonds. The van der Waals surface area contributed by atoms with Crippen LogP contribution in [0.4, 0.5) is 11.4 Å². The lowest BCUT2D eigenvalue weighted by Gasteiger charge is -2.36. The van der Waals surface area contributed by atoms with Crippen molar-refractivity contribution < 1.29 is 19.1 Å². The molecule has 0 unspecified atom stereocenters. The first-order valence-electron chi connectivity index (χ1n) is 10.4. The topological polar surface area (TPSA) is 79.9 Å². The van der Waals surface area contributed by atoms with Gasteiger partial charge in [-0.1, -0.05) is 23.7 Å². The van der Waals surface area contributed by atoms with Gasteiger partial charge in [0.25, 0.3) is 0 Å². The molecule has 8 heteroatoms. The van der Waals surface area contributed by atoms with Gasteiger partial charge in [0.15, 0.2) is 0 Å². The molecule has 7 nitrogen and oxygen atoms in total. The summed E-state index contributed by atoms with van der Waals surface area (Å²) in [6.45, 7) is 0.774. The molecule has 2 aromatic carbocycles. The Morgan fingerprint density at radius 2 is 2.10 bits per heavy atom. The summed E-state index contributed by atoms with van der Waals surface area (Å²) in [6, 6.07) is 10.9. The predicted molar refractivity (Wildman–Crippen MR) is 118 cm³/mol. The molecule has 2 fully saturated rings. The number of ether oxygens (including phenoxy) is 2. The van der Waals surface area contributed by atoms with Crippen LogP contribution >= 0.6 is 11.6 Å². The summed E-state index contributed by atoms with van der Waals surface area (Å²) >= 11 is 6.41. The van der Waals surface area contributed by atoms with E-state index in [1.807, 2.05) is 12.1 Å². The van der Waals surface area contributed by atoms with E-state index >= 15 is 0 Å². The van der Waals surface area contributed by atoms with E-state index in [4.69, 9.17) is 21.1 Å². The average molecular weight is 442 g/mol. The highest BCUT2D eigenvalue weighted by atomic mass is 35.5. The maximum Gasteiger partial charge on any atom is 0.250 e. The molecule has 2 saturated heterocycles. The highest BCUT2D eigenvalue weighted by Gasteiger charge is 2.65. The monoisotopic (exact) mass is 441 g/mol. The molecule has 0 radical (unpaired) electrons. The smallest absolute Gasteiger partial charge is 0.250 e. The molecule has 0 aromatic heterocycles. The van der Waals surface area contributed by atoms with E-state index in [-0.39, 0.29) is 17.9 Å². The quantitative estimate of drug-likeness (QED) is 0.757. The Kier molecular flexibility index (Phi) is 4.83. The van der Waals surface area contributed by atoms with Crippen molar-refractivity contribution in [3.63, 3.8) is 0 Å². The zero-order valence-corrected chi connectivity index (χ0v) is 18.2. The van der Waals surface area contributed by atoms with E-state index in [2.05, 4.69) is 15.5 Å². The number of carbonyl (C=O) groups excluding carboxylic acids is 2. The summed E-state index contributed by atoms with van der Waals surface area (Å²) in [5.74, 6) is 0.171. The van der Waals surface area contributed by atoms with Crippen LogP contribution in [0.15, 0.2) is 36.4 Å². The van der Waals surface area contributed by atoms with Crippen LogP contribution in [-0.2, 0) is 15.1 Å². The van der Waals surface area contributed by atoms with Crippen LogP contribution in [0.1, 0.15) is 24.8 Å². The van der Waals surface area contributed by atoms with Gasteiger partial charge in [0, 0.05) is 17.7 Å². The number of rotatable bonds is 4. The fraction of sp³-hybridized carbons (Fsp3) is 0.391. The SMILES string of the molecule is COc1ccc(OC)c(NC(=O)[C@H]2C[C@@H]3CCCN3[C@]23C(=O)Nc2c(Cl)cccc23)c1. The van der Waals surface area contributed by atoms with Crippen LogP contribution in [0.5, 0.6) is 11.5 Å². The summed E-state index contributed by atoms with van der Waals surface area (Å²) in [7, 11) is 3.12. The lowest BCUT2D eigenvalue weighted by atomic mass is 9.78. The summed E-state index contributed by atoms with van der Waals surface area (Å²) < 4.78 is 10.7. The molecule has 3 aliphatic heterocycles. The Morgan fingerprint density at radius 3 is 2.87 bits per heavy atom. The Hall–Kier alpha value is -2.77. The van der Waals surface area contributed by atoms with E-state index in [1.54, 1.807) is 38.5 Å². The first-order chi connectivity index (χ1) is 15.0. The standard InChI is InChI=1S/C23H24ClN3O4/c1-30-14-8-9-19(31-2)18(12-14)25-21(28)16-11-13-5-4-10-27(13)23(16)15-6-3-7-17(24)20(15)26-22(23)29/h3,6-9,12-13,16H,4-5,10-11H2,1-2H3,(H,25,28)(H,26,29)/t13-,16+,23-/m0/s1. The third kappa shape index (κ3) is 2.83. The van der Waals surface area contributed by atoms with Crippen molar-refractivity contribution in [2.75, 3.05) is 31.4 Å². The average Bonchev–Trinajstić information content (AvgIpc) is 3.43. The fourth-order valence-electron chi connectivity index (χ4n) is 5.55. The number of para-hydroxylation sites is 1. The third-order valence-electron chi connectivity index (χ3n) is 6.83. The van der Waals surface area contributed by atoms with Crippen molar-refractivity contribution in [1.29, 1.82) is 0 Å². The number of carbonyl (C=O) groups is 2. The molecule has 5 rings (SSSR count). The van der Waals surface area contributed by atoms with Gasteiger partial charge in [-0.3, -0.25) is 14.5 Å². The lowest BCUT2D eigenvalue weighted by Crippen LogP contribution is -2.53. The van der Waals surface area contributed by atoms with Gasteiger partial charge in [0.1, 0.15) is 17.0 Å². The second kappa shape index (κ2) is 7.43. The maximum absolute atomic E-state index is 13.7. The fourth-order valence-corrected chi connectivity index (χ4v) is 5.77. The minimum atomic E-state index is -1.06. The Morgan fingerprint density at radius 1 is 1.26 bits per heavy atom. The number of amides is 2. The molecule has 31 heavy (non-hydrogen) atoms. The predicted octanol–water partition coefficient (Wildman–Crippen LogP) is 3.63. The van der Waals surface area contributed by atoms with Gasteiger partial charge in [-0.25, -0.2) is 0 Å². The Labute approximate surface area is 185 Å². The van der Waals surface area contributed by atoms with Crippen LogP contribution < -0.4 is 20.1 Å². The molecule has 0 bridgehead atoms. The van der Waals surface area contributed by atoms with Crippen molar-refractivity contribution in [1.82, 2.24) is 4.90 Å². The van der Waals surface area contributed by atoms with Crippen molar-refractivity contribution >= 4 is 34.8 Å². The molecule has 162 valence electrons. The van der Waals surface area contributed by atoms with Crippen LogP contribution in [-0.4, -0.2) is 43.5 Å². The molecule has 0 saturated carbocycles. The molecular formula is C23H24ClN3O4. The van der Waals surface area contributed by atoms with E-state index in [0.29, 0.717) is 34.3 Å². The number of nitrogens with one attached hydrogen (secondary N) is 2. The van der Waals surface area contributed by atoms with Crippen molar-refractivity contribution in [2.45, 2.75) is 30.8 Å². The minimum Gasteiger partial charge on any atom is -0.497 e. The molecule has 2 N–H and O–H groups in total. The zero-order chi connectivity index (χ0) is 21.8. The number of benzene rings is 2. The van der Waals surface area contributed by atoms with E-state index < -0.39 is 11.5 Å². The molecule has 3 aliphatic rings. The van der Waals surface area contributed by atoms with Crippen LogP contribution in [0.3, 0.4) is 0 Å². The third-order valence-corrected chi connectivity index (χ3v) is 7.15. The van der Waals surface area contributed by atoms with E-state index in [0.717, 1.165) is 24.9 Å². The number of nitrogens with zero attached hydrogens (tertiary/aromatic N) is 1. The molecule has 3 heterocycles. The van der Waals surface area contributed by atoms with E-state index in [9.17, 15) is 9.59 Å². The lowest BCUT2D eigenvalue weighted by molar-refractivity contribution is -0.135. The molecule has 3 atom stereocenters. The van der Waals surface area contributed by atoms with Gasteiger partial charge in [0.2, 0.25) is 11.8 Å². The number of hydrogen-bond donors (Lipinski definition) is 2. The zero-order valence-electron chi connectivity index (χ0n) is 17.4. The number of hydrogen-bond acceptors (Lipinski definition) is 5. The summed E-state index contributed by atoms with van der Waals surface area (Å²) in [5.41, 5.74) is 0.849. The van der Waals surface area contributed by atoms with Gasteiger partial charge in [0.05, 0.1) is 36.5 Å². The number of methoxy groups -OCH3 is 2. The van der Waals surface area contributed by atoms with E-state index in [1.165, 1.54) is 0 Å². The molecule has 2 aromatic rings. The Bertz CT molecular complexity index is 1070. The van der Waals surface area contributed by atoms with Crippen LogP contribution in [0.25, 0.3) is 0 Å².